The molecule has 3 saturated heterocycles. The van der Waals surface area contributed by atoms with Gasteiger partial charge in [-0.15, -0.1) is 0 Å². The molecule has 9 atom stereocenters. The Hall–Kier alpha value is -2.37. The second-order valence-electron chi connectivity index (χ2n) is 11.3. The third-order valence-corrected chi connectivity index (χ3v) is 9.35. The van der Waals surface area contributed by atoms with E-state index in [9.17, 15) is 19.5 Å². The molecule has 4 aliphatic heterocycles. The largest absolute Gasteiger partial charge is 0.462 e. The average molecular weight is 517 g/mol. The lowest BCUT2D eigenvalue weighted by atomic mass is 9.55. The summed E-state index contributed by atoms with van der Waals surface area (Å²) in [6.45, 7) is 5.82. The molecule has 5 fully saturated rings. The summed E-state index contributed by atoms with van der Waals surface area (Å²) in [5, 5.41) is 11.2. The Bertz CT molecular complexity index is 1120. The fourth-order valence-corrected chi connectivity index (χ4v) is 7.03. The van der Waals surface area contributed by atoms with E-state index in [-0.39, 0.29) is 31.5 Å². The van der Waals surface area contributed by atoms with Crippen molar-refractivity contribution >= 4 is 17.7 Å². The molecule has 37 heavy (non-hydrogen) atoms. The molecule has 0 aromatic rings. The molecule has 200 valence electrons. The van der Waals surface area contributed by atoms with Gasteiger partial charge in [0.15, 0.2) is 5.78 Å². The summed E-state index contributed by atoms with van der Waals surface area (Å²) in [6.07, 6.45) is 4.76. The number of allylic oxidation sites excluding steroid dienone is 2. The number of carbonyl (C=O) groups is 3. The molecule has 2 bridgehead atoms. The van der Waals surface area contributed by atoms with E-state index in [4.69, 9.17) is 28.4 Å². The zero-order chi connectivity index (χ0) is 26.2. The van der Waals surface area contributed by atoms with Crippen LogP contribution in [-0.2, 0) is 42.8 Å². The van der Waals surface area contributed by atoms with Crippen molar-refractivity contribution < 1.29 is 47.9 Å². The van der Waals surface area contributed by atoms with Crippen molar-refractivity contribution in [3.63, 3.8) is 0 Å². The minimum Gasteiger partial charge on any atom is -0.462 e. The van der Waals surface area contributed by atoms with Gasteiger partial charge in [0.1, 0.15) is 41.7 Å². The van der Waals surface area contributed by atoms with Crippen molar-refractivity contribution in [2.24, 2.45) is 5.41 Å². The van der Waals surface area contributed by atoms with Crippen LogP contribution in [0.25, 0.3) is 0 Å². The summed E-state index contributed by atoms with van der Waals surface area (Å²) in [6, 6.07) is 0. The number of aliphatic hydroxyl groups excluding tert-OH is 1. The molecule has 4 heterocycles. The highest BCUT2D eigenvalue weighted by molar-refractivity contribution is 5.91. The predicted molar refractivity (Wildman–Crippen MR) is 125 cm³/mol. The second kappa shape index (κ2) is 8.31. The first-order valence-corrected chi connectivity index (χ1v) is 12.8. The summed E-state index contributed by atoms with van der Waals surface area (Å²) in [5.41, 5.74) is -2.91. The van der Waals surface area contributed by atoms with Crippen LogP contribution < -0.4 is 0 Å². The van der Waals surface area contributed by atoms with E-state index in [2.05, 4.69) is 0 Å². The number of rotatable bonds is 0. The lowest BCUT2D eigenvalue weighted by molar-refractivity contribution is -0.295. The van der Waals surface area contributed by atoms with E-state index in [0.717, 1.165) is 5.57 Å². The Labute approximate surface area is 214 Å². The first-order chi connectivity index (χ1) is 17.6. The maximum atomic E-state index is 13.0. The van der Waals surface area contributed by atoms with Gasteiger partial charge in [-0.1, -0.05) is 24.6 Å². The molecular formula is C27H32O10. The molecule has 6 rings (SSSR count). The lowest BCUT2D eigenvalue weighted by Crippen LogP contribution is -2.75. The van der Waals surface area contributed by atoms with Crippen molar-refractivity contribution in [1.82, 2.24) is 0 Å². The molecule has 2 saturated carbocycles. The van der Waals surface area contributed by atoms with Crippen LogP contribution in [0.2, 0.25) is 0 Å². The van der Waals surface area contributed by atoms with Gasteiger partial charge in [0, 0.05) is 31.4 Å². The molecule has 1 N–H and O–H groups in total. The predicted octanol–water partition coefficient (Wildman–Crippen LogP) is 1.10. The molecule has 0 aromatic carbocycles. The summed E-state index contributed by atoms with van der Waals surface area (Å²) in [5.74, 6) is -1.43. The van der Waals surface area contributed by atoms with Crippen LogP contribution in [0.5, 0.6) is 0 Å². The number of hydrogen-bond acceptors (Lipinski definition) is 10. The van der Waals surface area contributed by atoms with E-state index in [1.807, 2.05) is 13.8 Å². The van der Waals surface area contributed by atoms with Crippen LogP contribution in [0.1, 0.15) is 40.0 Å². The summed E-state index contributed by atoms with van der Waals surface area (Å²) in [7, 11) is 0. The van der Waals surface area contributed by atoms with Crippen LogP contribution in [0.3, 0.4) is 0 Å². The van der Waals surface area contributed by atoms with Crippen molar-refractivity contribution in [1.29, 1.82) is 0 Å². The number of fused-ring (bicyclic) bond motifs is 2. The van der Waals surface area contributed by atoms with E-state index < -0.39 is 58.6 Å². The fraction of sp³-hybridized carbons (Fsp3) is 0.667. The summed E-state index contributed by atoms with van der Waals surface area (Å²) in [4.78, 5) is 37.7. The van der Waals surface area contributed by atoms with Crippen LogP contribution in [0, 0.1) is 5.41 Å². The monoisotopic (exact) mass is 516 g/mol. The van der Waals surface area contributed by atoms with Gasteiger partial charge in [0.05, 0.1) is 30.8 Å². The van der Waals surface area contributed by atoms with Gasteiger partial charge in [-0.3, -0.25) is 4.79 Å². The fourth-order valence-electron chi connectivity index (χ4n) is 7.03. The number of ether oxygens (including phenoxy) is 6. The van der Waals surface area contributed by atoms with Gasteiger partial charge in [-0.2, -0.15) is 0 Å². The maximum absolute atomic E-state index is 13.0. The van der Waals surface area contributed by atoms with Crippen molar-refractivity contribution in [2.75, 3.05) is 19.8 Å². The smallest absolute Gasteiger partial charge is 0.331 e. The molecule has 10 nitrogen and oxygen atoms in total. The molecule has 0 amide bonds. The quantitative estimate of drug-likeness (QED) is 0.368. The molecule has 0 radical (unpaired) electrons. The van der Waals surface area contributed by atoms with E-state index >= 15 is 0 Å². The Morgan fingerprint density at radius 2 is 1.70 bits per heavy atom. The van der Waals surface area contributed by atoms with Crippen molar-refractivity contribution in [3.8, 4) is 0 Å². The van der Waals surface area contributed by atoms with Crippen LogP contribution in [0.15, 0.2) is 36.0 Å². The molecule has 2 unspecified atom stereocenters. The molecule has 0 aromatic heterocycles. The number of ketones is 1. The zero-order valence-electron chi connectivity index (χ0n) is 21.1. The molecular weight excluding hydrogens is 484 g/mol. The standard InChI is InChI=1S/C27H32O10/c1-15-8-9-32-20(30)6-4-5-7-21(31)35-18-11-19-27(14-34-27)25(18,3)26(33-13-16(28)10-15)12-17(29)24(2)22(37-24)23(26)36-19/h4-7,10,17-19,22-23,29H,8-9,11-14H2,1-3H3/b6-4+,7-5+,15-10+/t17-,18+,19-,22-,23-,24-,25?,26?,27+/m0/s1. The zero-order valence-corrected chi connectivity index (χ0v) is 21.1. The number of esters is 2. The van der Waals surface area contributed by atoms with Gasteiger partial charge in [0.25, 0.3) is 0 Å². The third-order valence-electron chi connectivity index (χ3n) is 9.35. The average Bonchev–Trinajstić information content (AvgIpc) is 3.74. The Morgan fingerprint density at radius 1 is 0.973 bits per heavy atom. The number of cyclic esters (lactones) is 1. The third kappa shape index (κ3) is 3.53. The summed E-state index contributed by atoms with van der Waals surface area (Å²) >= 11 is 0. The van der Waals surface area contributed by atoms with Gasteiger partial charge in [0.2, 0.25) is 0 Å². The van der Waals surface area contributed by atoms with Crippen LogP contribution in [0.4, 0.5) is 0 Å². The van der Waals surface area contributed by atoms with Crippen molar-refractivity contribution in [3.05, 3.63) is 36.0 Å². The topological polar surface area (TPSA) is 133 Å². The van der Waals surface area contributed by atoms with E-state index in [0.29, 0.717) is 19.4 Å². The van der Waals surface area contributed by atoms with E-state index in [1.165, 1.54) is 30.4 Å². The first kappa shape index (κ1) is 24.9. The normalized spacial score (nSPS) is 52.4. The van der Waals surface area contributed by atoms with Gasteiger partial charge < -0.3 is 33.5 Å². The van der Waals surface area contributed by atoms with Crippen LogP contribution >= 0.6 is 0 Å². The number of carbonyl (C=O) groups excluding carboxylic acids is 3. The highest BCUT2D eigenvalue weighted by Gasteiger charge is 2.88. The number of epoxide rings is 2. The molecule has 2 spiro atoms. The SMILES string of the molecule is C/C1=C\C(=O)COC23C[C@H](O)[C@]4(C)O[C@H]4[C@@H]2O[C@H]2C[C@@H](OC(=O)/C=C/C=C/C(=O)OCC1)C3(C)[C@@]21CO1. The Kier molecular flexibility index (Phi) is 5.60. The lowest BCUT2D eigenvalue weighted by Gasteiger charge is -2.59. The highest BCUT2D eigenvalue weighted by Crippen LogP contribution is 2.72. The van der Waals surface area contributed by atoms with Gasteiger partial charge in [-0.25, -0.2) is 9.59 Å². The summed E-state index contributed by atoms with van der Waals surface area (Å²) < 4.78 is 36.2. The number of hydrogen-bond donors (Lipinski definition) is 1. The van der Waals surface area contributed by atoms with Gasteiger partial charge in [-0.05, 0) is 19.9 Å². The van der Waals surface area contributed by atoms with Crippen molar-refractivity contribution in [2.45, 2.75) is 87.4 Å². The number of aliphatic hydroxyl groups is 1. The van der Waals surface area contributed by atoms with Gasteiger partial charge >= 0.3 is 11.9 Å². The highest BCUT2D eigenvalue weighted by atomic mass is 16.7. The molecule has 2 aliphatic carbocycles. The minimum atomic E-state index is -1.20. The molecule has 6 aliphatic rings. The van der Waals surface area contributed by atoms with Crippen LogP contribution in [-0.4, -0.2) is 90.0 Å². The maximum Gasteiger partial charge on any atom is 0.331 e. The second-order valence-corrected chi connectivity index (χ2v) is 11.3. The Balaban J connectivity index is 1.40. The molecule has 10 heteroatoms. The minimum absolute atomic E-state index is 0.107. The Morgan fingerprint density at radius 3 is 2.43 bits per heavy atom. The van der Waals surface area contributed by atoms with E-state index in [1.54, 1.807) is 6.92 Å². The first-order valence-electron chi connectivity index (χ1n) is 12.8.